The molecule has 0 aliphatic rings. The summed E-state index contributed by atoms with van der Waals surface area (Å²) < 4.78 is 1.73. The predicted molar refractivity (Wildman–Crippen MR) is 88.3 cm³/mol. The molecule has 0 aliphatic carbocycles. The van der Waals surface area contributed by atoms with Crippen molar-refractivity contribution >= 4 is 33.8 Å². The molecule has 0 amide bonds. The molecule has 2 aromatic heterocycles. The van der Waals surface area contributed by atoms with Gasteiger partial charge in [0.2, 0.25) is 0 Å². The van der Waals surface area contributed by atoms with Crippen molar-refractivity contribution in [3.8, 4) is 0 Å². The molecule has 0 radical (unpaired) electrons. The van der Waals surface area contributed by atoms with E-state index in [0.717, 1.165) is 6.42 Å². The maximum absolute atomic E-state index is 12.7. The summed E-state index contributed by atoms with van der Waals surface area (Å²) in [6, 6.07) is 9.52. The number of hydrogen-bond acceptors (Lipinski definition) is 3. The zero-order valence-corrected chi connectivity index (χ0v) is 13.2. The Balaban J connectivity index is 2.12. The van der Waals surface area contributed by atoms with E-state index in [4.69, 9.17) is 11.6 Å². The van der Waals surface area contributed by atoms with Gasteiger partial charge in [0.1, 0.15) is 5.82 Å². The topological polar surface area (TPSA) is 34.9 Å². The highest BCUT2D eigenvalue weighted by atomic mass is 35.5. The van der Waals surface area contributed by atoms with Gasteiger partial charge in [-0.25, -0.2) is 4.98 Å². The number of thiophene rings is 1. The van der Waals surface area contributed by atoms with Gasteiger partial charge < -0.3 is 0 Å². The Kier molecular flexibility index (Phi) is 4.08. The highest BCUT2D eigenvalue weighted by Gasteiger charge is 2.15. The summed E-state index contributed by atoms with van der Waals surface area (Å²) in [6.45, 7) is 2.03. The standard InChI is InChI=1S/C16H15ClN2OS/c1-11(8-12-6-7-21-10-12)19-15(9-17)18-14-5-3-2-4-13(14)16(19)20/h2-7,10-11H,8-9H2,1H3. The molecular formula is C16H15ClN2OS. The number of halogens is 1. The van der Waals surface area contributed by atoms with Crippen LogP contribution in [0, 0.1) is 0 Å². The molecule has 0 aliphatic heterocycles. The minimum atomic E-state index is -0.0148. The molecular weight excluding hydrogens is 304 g/mol. The Bertz CT molecular complexity index is 811. The molecule has 108 valence electrons. The molecule has 2 heterocycles. The first kappa shape index (κ1) is 14.3. The van der Waals surface area contributed by atoms with Crippen LogP contribution in [0.2, 0.25) is 0 Å². The van der Waals surface area contributed by atoms with Crippen LogP contribution in [0.1, 0.15) is 24.4 Å². The second-order valence-electron chi connectivity index (χ2n) is 5.04. The van der Waals surface area contributed by atoms with Crippen LogP contribution in [0.15, 0.2) is 45.9 Å². The summed E-state index contributed by atoms with van der Waals surface area (Å²) >= 11 is 7.67. The first-order valence-electron chi connectivity index (χ1n) is 6.78. The van der Waals surface area contributed by atoms with Crippen molar-refractivity contribution in [3.63, 3.8) is 0 Å². The van der Waals surface area contributed by atoms with Gasteiger partial charge in [-0.1, -0.05) is 12.1 Å². The average Bonchev–Trinajstić information content (AvgIpc) is 2.99. The summed E-state index contributed by atoms with van der Waals surface area (Å²) in [5.74, 6) is 0.858. The smallest absolute Gasteiger partial charge is 0.261 e. The summed E-state index contributed by atoms with van der Waals surface area (Å²) in [4.78, 5) is 17.3. The Morgan fingerprint density at radius 1 is 1.33 bits per heavy atom. The average molecular weight is 319 g/mol. The number of benzene rings is 1. The molecule has 3 rings (SSSR count). The monoisotopic (exact) mass is 318 g/mol. The predicted octanol–water partition coefficient (Wildman–Crippen LogP) is 4.00. The van der Waals surface area contributed by atoms with Gasteiger partial charge in [-0.3, -0.25) is 9.36 Å². The van der Waals surface area contributed by atoms with Crippen LogP contribution in [0.25, 0.3) is 10.9 Å². The van der Waals surface area contributed by atoms with Crippen LogP contribution >= 0.6 is 22.9 Å². The van der Waals surface area contributed by atoms with E-state index >= 15 is 0 Å². The van der Waals surface area contributed by atoms with Crippen molar-refractivity contribution in [2.75, 3.05) is 0 Å². The molecule has 1 aromatic carbocycles. The van der Waals surface area contributed by atoms with E-state index in [-0.39, 0.29) is 17.5 Å². The van der Waals surface area contributed by atoms with Crippen molar-refractivity contribution in [2.24, 2.45) is 0 Å². The van der Waals surface area contributed by atoms with Crippen molar-refractivity contribution in [2.45, 2.75) is 25.3 Å². The van der Waals surface area contributed by atoms with E-state index in [2.05, 4.69) is 16.4 Å². The highest BCUT2D eigenvalue weighted by molar-refractivity contribution is 7.07. The minimum absolute atomic E-state index is 0.0148. The number of rotatable bonds is 4. The van der Waals surface area contributed by atoms with Crippen molar-refractivity contribution in [1.82, 2.24) is 9.55 Å². The third kappa shape index (κ3) is 2.74. The molecule has 1 unspecified atom stereocenters. The van der Waals surface area contributed by atoms with E-state index in [1.54, 1.807) is 15.9 Å². The van der Waals surface area contributed by atoms with Crippen LogP contribution in [-0.2, 0) is 12.3 Å². The van der Waals surface area contributed by atoms with Gasteiger partial charge >= 0.3 is 0 Å². The first-order chi connectivity index (χ1) is 10.2. The third-order valence-electron chi connectivity index (χ3n) is 3.55. The van der Waals surface area contributed by atoms with E-state index in [0.29, 0.717) is 16.7 Å². The van der Waals surface area contributed by atoms with Crippen molar-refractivity contribution < 1.29 is 0 Å². The Labute approximate surface area is 131 Å². The lowest BCUT2D eigenvalue weighted by Crippen LogP contribution is -2.28. The quantitative estimate of drug-likeness (QED) is 0.681. The van der Waals surface area contributed by atoms with Gasteiger partial charge in [-0.15, -0.1) is 11.6 Å². The summed E-state index contributed by atoms with van der Waals surface area (Å²) in [5, 5.41) is 4.80. The third-order valence-corrected chi connectivity index (χ3v) is 4.52. The second-order valence-corrected chi connectivity index (χ2v) is 6.09. The normalized spacial score (nSPS) is 12.7. The fourth-order valence-corrected chi connectivity index (χ4v) is 3.45. The lowest BCUT2D eigenvalue weighted by atomic mass is 10.1. The Morgan fingerprint density at radius 3 is 2.86 bits per heavy atom. The number of alkyl halides is 1. The van der Waals surface area contributed by atoms with Gasteiger partial charge in [-0.05, 0) is 47.9 Å². The lowest BCUT2D eigenvalue weighted by Gasteiger charge is -2.18. The summed E-state index contributed by atoms with van der Waals surface area (Å²) in [6.07, 6.45) is 0.799. The number of fused-ring (bicyclic) bond motifs is 1. The van der Waals surface area contributed by atoms with Gasteiger partial charge in [0.15, 0.2) is 0 Å². The second kappa shape index (κ2) is 6.00. The molecule has 5 heteroatoms. The Morgan fingerprint density at radius 2 is 2.14 bits per heavy atom. The SMILES string of the molecule is CC(Cc1ccsc1)n1c(CCl)nc2ccccc2c1=O. The van der Waals surface area contributed by atoms with Crippen LogP contribution in [0.5, 0.6) is 0 Å². The van der Waals surface area contributed by atoms with Gasteiger partial charge in [0.05, 0.1) is 16.8 Å². The van der Waals surface area contributed by atoms with Gasteiger partial charge in [-0.2, -0.15) is 11.3 Å². The molecule has 0 bridgehead atoms. The van der Waals surface area contributed by atoms with Crippen LogP contribution in [0.4, 0.5) is 0 Å². The molecule has 0 N–H and O–H groups in total. The molecule has 0 saturated carbocycles. The molecule has 1 atom stereocenters. The highest BCUT2D eigenvalue weighted by Crippen LogP contribution is 2.18. The minimum Gasteiger partial charge on any atom is -0.292 e. The van der Waals surface area contributed by atoms with Crippen LogP contribution < -0.4 is 5.56 Å². The lowest BCUT2D eigenvalue weighted by molar-refractivity contribution is 0.507. The molecule has 3 nitrogen and oxygen atoms in total. The maximum atomic E-state index is 12.7. The maximum Gasteiger partial charge on any atom is 0.261 e. The summed E-state index contributed by atoms with van der Waals surface area (Å²) in [7, 11) is 0. The molecule has 0 spiro atoms. The van der Waals surface area contributed by atoms with Crippen LogP contribution in [0.3, 0.4) is 0 Å². The molecule has 3 aromatic rings. The fraction of sp³-hybridized carbons (Fsp3) is 0.250. The largest absolute Gasteiger partial charge is 0.292 e. The molecule has 0 saturated heterocycles. The van der Waals surface area contributed by atoms with E-state index in [9.17, 15) is 4.79 Å². The Hall–Kier alpha value is -1.65. The van der Waals surface area contributed by atoms with Gasteiger partial charge in [0, 0.05) is 6.04 Å². The number of nitrogens with zero attached hydrogens (tertiary/aromatic N) is 2. The first-order valence-corrected chi connectivity index (χ1v) is 8.25. The molecule has 0 fully saturated rings. The summed E-state index contributed by atoms with van der Waals surface area (Å²) in [5.41, 5.74) is 1.92. The number of aromatic nitrogens is 2. The van der Waals surface area contributed by atoms with E-state index in [1.807, 2.05) is 36.6 Å². The van der Waals surface area contributed by atoms with Crippen molar-refractivity contribution in [3.05, 3.63) is 62.8 Å². The van der Waals surface area contributed by atoms with Crippen LogP contribution in [-0.4, -0.2) is 9.55 Å². The fourth-order valence-electron chi connectivity index (χ4n) is 2.58. The zero-order valence-electron chi connectivity index (χ0n) is 11.6. The zero-order chi connectivity index (χ0) is 14.8. The van der Waals surface area contributed by atoms with Gasteiger partial charge in [0.25, 0.3) is 5.56 Å². The number of hydrogen-bond donors (Lipinski definition) is 0. The van der Waals surface area contributed by atoms with E-state index in [1.165, 1.54) is 5.56 Å². The molecule has 21 heavy (non-hydrogen) atoms. The van der Waals surface area contributed by atoms with E-state index < -0.39 is 0 Å². The van der Waals surface area contributed by atoms with Crippen molar-refractivity contribution in [1.29, 1.82) is 0 Å². The number of para-hydroxylation sites is 1.